The van der Waals surface area contributed by atoms with Crippen LogP contribution in [-0.2, 0) is 4.79 Å². The van der Waals surface area contributed by atoms with Gasteiger partial charge in [0.15, 0.2) is 0 Å². The third kappa shape index (κ3) is 5.46. The maximum Gasteiger partial charge on any atom is 0.267 e. The zero-order valence-electron chi connectivity index (χ0n) is 14.7. The van der Waals surface area contributed by atoms with Crippen LogP contribution in [0.3, 0.4) is 0 Å². The zero-order valence-corrected chi connectivity index (χ0v) is 14.7. The van der Waals surface area contributed by atoms with Crippen LogP contribution in [0.25, 0.3) is 0 Å². The van der Waals surface area contributed by atoms with Gasteiger partial charge in [-0.1, -0.05) is 11.6 Å². The third-order valence-corrected chi connectivity index (χ3v) is 4.10. The van der Waals surface area contributed by atoms with Crippen molar-refractivity contribution >= 4 is 17.7 Å². The van der Waals surface area contributed by atoms with Gasteiger partial charge < -0.3 is 25.8 Å². The molecule has 25 heavy (non-hydrogen) atoms. The van der Waals surface area contributed by atoms with Crippen molar-refractivity contribution in [2.45, 2.75) is 12.8 Å². The summed E-state index contributed by atoms with van der Waals surface area (Å²) < 4.78 is 0. The second kappa shape index (κ2) is 8.48. The Kier molecular flexibility index (Phi) is 6.35. The molecular formula is C17H25N5O3. The van der Waals surface area contributed by atoms with Crippen LogP contribution in [0, 0.1) is 0 Å². The molecule has 1 aliphatic heterocycles. The average Bonchev–Trinajstić information content (AvgIpc) is 3.08. The Morgan fingerprint density at radius 1 is 1.28 bits per heavy atom. The normalized spacial score (nSPS) is 14.4. The summed E-state index contributed by atoms with van der Waals surface area (Å²) >= 11 is 0. The highest BCUT2D eigenvalue weighted by Gasteiger charge is 2.18. The van der Waals surface area contributed by atoms with Crippen molar-refractivity contribution < 1.29 is 14.4 Å². The van der Waals surface area contributed by atoms with Gasteiger partial charge in [-0.15, -0.1) is 0 Å². The number of rotatable bonds is 7. The summed E-state index contributed by atoms with van der Waals surface area (Å²) in [7, 11) is 3.89. The van der Waals surface area contributed by atoms with Crippen LogP contribution in [0.2, 0.25) is 0 Å². The highest BCUT2D eigenvalue weighted by molar-refractivity contribution is 5.96. The van der Waals surface area contributed by atoms with Gasteiger partial charge in [0.1, 0.15) is 11.4 Å². The lowest BCUT2D eigenvalue weighted by Crippen LogP contribution is -2.37. The number of H-pyrrole nitrogens is 1. The SMILES string of the molecule is CN(C)CCC(=O)N1CC=C(CNC(=O)c2ccc(C(N)=O)[nH]2)CC1. The smallest absolute Gasteiger partial charge is 0.267 e. The van der Waals surface area contributed by atoms with E-state index in [4.69, 9.17) is 5.73 Å². The number of nitrogens with two attached hydrogens (primary N) is 1. The first-order chi connectivity index (χ1) is 11.9. The monoisotopic (exact) mass is 347 g/mol. The fourth-order valence-corrected chi connectivity index (χ4v) is 2.54. The summed E-state index contributed by atoms with van der Waals surface area (Å²) in [5, 5.41) is 2.80. The molecule has 1 aromatic rings. The first kappa shape index (κ1) is 18.7. The van der Waals surface area contributed by atoms with Gasteiger partial charge in [0.2, 0.25) is 5.91 Å². The maximum atomic E-state index is 12.1. The fourth-order valence-electron chi connectivity index (χ4n) is 2.54. The molecule has 8 nitrogen and oxygen atoms in total. The Hall–Kier alpha value is -2.61. The largest absolute Gasteiger partial charge is 0.364 e. The highest BCUT2D eigenvalue weighted by atomic mass is 16.2. The first-order valence-corrected chi connectivity index (χ1v) is 8.24. The minimum atomic E-state index is -0.604. The van der Waals surface area contributed by atoms with E-state index in [1.807, 2.05) is 30.0 Å². The van der Waals surface area contributed by atoms with Gasteiger partial charge in [-0.05, 0) is 32.6 Å². The van der Waals surface area contributed by atoms with E-state index in [1.54, 1.807) is 0 Å². The Balaban J connectivity index is 1.79. The number of aromatic amines is 1. The summed E-state index contributed by atoms with van der Waals surface area (Å²) in [6, 6.07) is 3.00. The molecule has 2 rings (SSSR count). The molecule has 3 amide bonds. The van der Waals surface area contributed by atoms with Crippen LogP contribution in [-0.4, -0.2) is 72.8 Å². The van der Waals surface area contributed by atoms with Crippen LogP contribution in [0.5, 0.6) is 0 Å². The molecular weight excluding hydrogens is 322 g/mol. The van der Waals surface area contributed by atoms with Gasteiger partial charge in [0.25, 0.3) is 11.8 Å². The number of carbonyl (C=O) groups is 3. The number of amides is 3. The molecule has 0 saturated carbocycles. The topological polar surface area (TPSA) is 112 Å². The lowest BCUT2D eigenvalue weighted by Gasteiger charge is -2.27. The molecule has 0 bridgehead atoms. The molecule has 1 aromatic heterocycles. The Bertz CT molecular complexity index is 678. The molecule has 2 heterocycles. The molecule has 0 saturated heterocycles. The summed E-state index contributed by atoms with van der Waals surface area (Å²) in [6.45, 7) is 2.41. The molecule has 136 valence electrons. The number of nitrogens with zero attached hydrogens (tertiary/aromatic N) is 2. The number of hydrogen-bond donors (Lipinski definition) is 3. The van der Waals surface area contributed by atoms with E-state index in [0.717, 1.165) is 18.5 Å². The first-order valence-electron chi connectivity index (χ1n) is 8.24. The quantitative estimate of drug-likeness (QED) is 0.601. The number of primary amides is 1. The van der Waals surface area contributed by atoms with E-state index in [2.05, 4.69) is 10.3 Å². The van der Waals surface area contributed by atoms with Crippen LogP contribution in [0.4, 0.5) is 0 Å². The summed E-state index contributed by atoms with van der Waals surface area (Å²) in [5.74, 6) is -0.746. The predicted octanol–water partition coefficient (Wildman–Crippen LogP) is -0.0462. The number of nitrogens with one attached hydrogen (secondary N) is 2. The standard InChI is InChI=1S/C17H25N5O3/c1-21(2)8-7-15(23)22-9-5-12(6-10-22)11-19-17(25)14-4-3-13(20-14)16(18)24/h3-5,20H,6-11H2,1-2H3,(H2,18,24)(H,19,25). The van der Waals surface area contributed by atoms with Crippen molar-refractivity contribution in [3.05, 3.63) is 35.2 Å². The van der Waals surface area contributed by atoms with Gasteiger partial charge in [-0.25, -0.2) is 0 Å². The average molecular weight is 347 g/mol. The predicted molar refractivity (Wildman–Crippen MR) is 94.1 cm³/mol. The molecule has 8 heteroatoms. The molecule has 0 radical (unpaired) electrons. The lowest BCUT2D eigenvalue weighted by molar-refractivity contribution is -0.131. The van der Waals surface area contributed by atoms with E-state index in [-0.39, 0.29) is 17.5 Å². The van der Waals surface area contributed by atoms with Crippen LogP contribution in [0.15, 0.2) is 23.8 Å². The van der Waals surface area contributed by atoms with Crippen molar-refractivity contribution in [1.82, 2.24) is 20.1 Å². The molecule has 0 atom stereocenters. The van der Waals surface area contributed by atoms with Gasteiger partial charge in [-0.3, -0.25) is 14.4 Å². The van der Waals surface area contributed by atoms with Gasteiger partial charge in [0, 0.05) is 32.6 Å². The molecule has 4 N–H and O–H groups in total. The van der Waals surface area contributed by atoms with Crippen molar-refractivity contribution in [2.75, 3.05) is 40.3 Å². The Morgan fingerprint density at radius 2 is 2.00 bits per heavy atom. The van der Waals surface area contributed by atoms with Crippen LogP contribution < -0.4 is 11.1 Å². The van der Waals surface area contributed by atoms with Gasteiger partial charge >= 0.3 is 0 Å². The summed E-state index contributed by atoms with van der Waals surface area (Å²) in [5.41, 5.74) is 6.74. The number of aromatic nitrogens is 1. The number of carbonyl (C=O) groups excluding carboxylic acids is 3. The van der Waals surface area contributed by atoms with E-state index in [1.165, 1.54) is 12.1 Å². The highest BCUT2D eigenvalue weighted by Crippen LogP contribution is 2.11. The Labute approximate surface area is 147 Å². The minimum Gasteiger partial charge on any atom is -0.364 e. The number of hydrogen-bond acceptors (Lipinski definition) is 4. The second-order valence-electron chi connectivity index (χ2n) is 6.34. The van der Waals surface area contributed by atoms with Crippen molar-refractivity contribution in [3.8, 4) is 0 Å². The van der Waals surface area contributed by atoms with Gasteiger partial charge in [0.05, 0.1) is 0 Å². The fraction of sp³-hybridized carbons (Fsp3) is 0.471. The lowest BCUT2D eigenvalue weighted by atomic mass is 10.1. The zero-order chi connectivity index (χ0) is 18.4. The maximum absolute atomic E-state index is 12.1. The molecule has 0 spiro atoms. The van der Waals surface area contributed by atoms with E-state index in [9.17, 15) is 14.4 Å². The minimum absolute atomic E-state index is 0.151. The summed E-state index contributed by atoms with van der Waals surface area (Å²) in [6.07, 6.45) is 3.24. The summed E-state index contributed by atoms with van der Waals surface area (Å²) in [4.78, 5) is 41.7. The van der Waals surface area contributed by atoms with E-state index in [0.29, 0.717) is 31.7 Å². The van der Waals surface area contributed by atoms with E-state index >= 15 is 0 Å². The third-order valence-electron chi connectivity index (χ3n) is 4.10. The molecule has 0 unspecified atom stereocenters. The van der Waals surface area contributed by atoms with Crippen LogP contribution in [0.1, 0.15) is 33.8 Å². The molecule has 0 fully saturated rings. The van der Waals surface area contributed by atoms with Crippen molar-refractivity contribution in [2.24, 2.45) is 5.73 Å². The van der Waals surface area contributed by atoms with E-state index < -0.39 is 5.91 Å². The molecule has 0 aliphatic carbocycles. The van der Waals surface area contributed by atoms with Crippen molar-refractivity contribution in [3.63, 3.8) is 0 Å². The van der Waals surface area contributed by atoms with Crippen molar-refractivity contribution in [1.29, 1.82) is 0 Å². The molecule has 1 aliphatic rings. The second-order valence-corrected chi connectivity index (χ2v) is 6.34. The van der Waals surface area contributed by atoms with Crippen LogP contribution >= 0.6 is 0 Å². The van der Waals surface area contributed by atoms with Gasteiger partial charge in [-0.2, -0.15) is 0 Å². The molecule has 0 aromatic carbocycles. The Morgan fingerprint density at radius 3 is 2.56 bits per heavy atom.